The summed E-state index contributed by atoms with van der Waals surface area (Å²) in [6.07, 6.45) is 0. The molecule has 0 aromatic heterocycles. The van der Waals surface area contributed by atoms with Crippen LogP contribution in [0.2, 0.25) is 0 Å². The Hall–Kier alpha value is 22.8. The minimum Gasteiger partial charge on any atom is -0.109 e. The van der Waals surface area contributed by atoms with Crippen molar-refractivity contribution in [3.63, 3.8) is 0 Å². The van der Waals surface area contributed by atoms with E-state index in [4.69, 9.17) is 0 Å². The molecule has 0 aromatic rings. The molecular formula is H55P53. The van der Waals surface area contributed by atoms with E-state index < -0.39 is 0 Å². The molecule has 0 aliphatic rings. The highest BCUT2D eigenvalue weighted by atomic mass is 33.6. The average Bonchev–Trinajstić information content (AvgIpc) is 2.93. The van der Waals surface area contributed by atoms with Crippen molar-refractivity contribution in [1.82, 2.24) is 0 Å². The molecule has 0 aromatic carbocycles. The molecule has 53 heavy (non-hydrogen) atoms. The van der Waals surface area contributed by atoms with Gasteiger partial charge in [-0.25, -0.2) is 0 Å². The highest BCUT2D eigenvalue weighted by Gasteiger charge is 2.59. The Morgan fingerprint density at radius 2 is 0.302 bits per heavy atom. The molecule has 0 nitrogen and oxygen atoms in total. The Labute approximate surface area is 417 Å². The molecule has 0 spiro atoms. The summed E-state index contributed by atoms with van der Waals surface area (Å²) in [7, 11) is 95.5. The van der Waals surface area contributed by atoms with Crippen LogP contribution >= 0.6 is 424 Å². The normalized spacial score (nSPS) is 16.2. The Morgan fingerprint density at radius 3 is 0.434 bits per heavy atom. The van der Waals surface area contributed by atoms with Crippen molar-refractivity contribution in [2.45, 2.75) is 0 Å². The van der Waals surface area contributed by atoms with E-state index in [2.05, 4.69) is 241 Å². The van der Waals surface area contributed by atoms with Gasteiger partial charge in [0.05, 0.1) is 0 Å². The third-order valence-corrected chi connectivity index (χ3v) is 371. The topological polar surface area (TPSA) is 0 Å². The molecule has 0 saturated carbocycles. The van der Waals surface area contributed by atoms with Gasteiger partial charge < -0.3 is 0 Å². The van der Waals surface area contributed by atoms with Gasteiger partial charge in [0, 0.05) is 0 Å². The van der Waals surface area contributed by atoms with Crippen molar-refractivity contribution in [3.8, 4) is 0 Å². The highest BCUT2D eigenvalue weighted by Crippen LogP contribution is 3.46. The summed E-state index contributed by atoms with van der Waals surface area (Å²) in [6.45, 7) is -4.30. The first-order chi connectivity index (χ1) is 24.1. The standard InChI is InChI=1S/H55P53/c1-28-42(29(2)3)49(43(30(4)5)31(6)7)52(48(40(24)25)41(26)27)53(50(44(32(8)9)33(10)11)45(34(12)13)35(14)15)51(46(36(16)17)37(18)19)47(38(20)21)39(22)23/h28H,1-27H2. The summed E-state index contributed by atoms with van der Waals surface area (Å²) in [4.78, 5) is 0. The molecule has 320 valence electrons. The fourth-order valence-corrected chi connectivity index (χ4v) is 757. The second-order valence-corrected chi connectivity index (χ2v) is 224. The van der Waals surface area contributed by atoms with Gasteiger partial charge in [0.2, 0.25) is 0 Å². The molecule has 0 bridgehead atoms. The smallest absolute Gasteiger partial charge is 0.0000137 e. The Balaban J connectivity index is 9.85. The van der Waals surface area contributed by atoms with Crippen LogP contribution in [0.4, 0.5) is 0 Å². The molecule has 0 N–H and O–H groups in total. The fraction of sp³-hybridized carbons (Fsp3) is 0. The average molecular weight is 1700 g/mol. The van der Waals surface area contributed by atoms with Crippen LogP contribution in [0.15, 0.2) is 0 Å². The van der Waals surface area contributed by atoms with Crippen molar-refractivity contribution >= 4 is 424 Å². The lowest BCUT2D eigenvalue weighted by atomic mass is 28.4. The van der Waals surface area contributed by atoms with Crippen molar-refractivity contribution < 1.29 is 0 Å². The molecule has 0 fully saturated rings. The molecule has 0 rings (SSSR count). The maximum Gasteiger partial charge on any atom is -0.0000137 e. The Kier molecular flexibility index (Phi) is 59.7. The van der Waals surface area contributed by atoms with Gasteiger partial charge in [-0.3, -0.25) is 0 Å². The first kappa shape index (κ1) is 75.8. The van der Waals surface area contributed by atoms with E-state index >= 15 is 0 Å². The van der Waals surface area contributed by atoms with Gasteiger partial charge in [0.25, 0.3) is 0 Å². The summed E-state index contributed by atoms with van der Waals surface area (Å²) in [5, 5.41) is 0. The van der Waals surface area contributed by atoms with Crippen molar-refractivity contribution in [1.29, 1.82) is 0 Å². The molecule has 0 aliphatic carbocycles. The summed E-state index contributed by atoms with van der Waals surface area (Å²) in [5.41, 5.74) is 0. The zero-order valence-corrected chi connectivity index (χ0v) is 81.8. The zero-order valence-electron chi connectivity index (χ0n) is 27.3. The maximum atomic E-state index is 3.54. The molecule has 0 heterocycles. The third-order valence-electron chi connectivity index (χ3n) is 4.58. The van der Waals surface area contributed by atoms with Crippen molar-refractivity contribution in [2.75, 3.05) is 0 Å². The highest BCUT2D eigenvalue weighted by molar-refractivity contribution is 9.52. The van der Waals surface area contributed by atoms with Gasteiger partial charge in [-0.2, -0.15) is 0 Å². The van der Waals surface area contributed by atoms with E-state index in [1.54, 1.807) is 0 Å². The van der Waals surface area contributed by atoms with E-state index in [0.717, 1.165) is 7.96 Å². The molecule has 0 amide bonds. The van der Waals surface area contributed by atoms with Gasteiger partial charge in [-0.1, -0.05) is 7.96 Å². The molecular weight excluding hydrogens is 1640 g/mol. The van der Waals surface area contributed by atoms with Crippen LogP contribution in [-0.2, 0) is 0 Å². The van der Waals surface area contributed by atoms with Crippen LogP contribution in [0, 0.1) is 0 Å². The number of rotatable bonds is 25. The van der Waals surface area contributed by atoms with Crippen LogP contribution in [0.3, 0.4) is 0 Å². The first-order valence-corrected chi connectivity index (χ1v) is 108. The quantitative estimate of drug-likeness (QED) is 0.0799. The predicted molar refractivity (Wildman–Crippen MR) is 443 cm³/mol. The Bertz CT molecular complexity index is 792. The van der Waals surface area contributed by atoms with E-state index in [1.165, 1.54) is 0 Å². The van der Waals surface area contributed by atoms with Gasteiger partial charge in [0.15, 0.2) is 0 Å². The lowest BCUT2D eigenvalue weighted by molar-refractivity contribution is 4.35. The predicted octanol–water partition coefficient (Wildman–Crippen LogP) is 30.9. The summed E-state index contributed by atoms with van der Waals surface area (Å²) >= 11 is 0. The Morgan fingerprint density at radius 1 is 0.170 bits per heavy atom. The van der Waals surface area contributed by atoms with Crippen LogP contribution < -0.4 is 0 Å². The van der Waals surface area contributed by atoms with E-state index in [1.807, 2.05) is 0 Å². The van der Waals surface area contributed by atoms with Gasteiger partial charge in [-0.15, -0.1) is 241 Å². The van der Waals surface area contributed by atoms with E-state index in [9.17, 15) is 0 Å². The zero-order chi connectivity index (χ0) is 42.1. The van der Waals surface area contributed by atoms with Crippen molar-refractivity contribution in [3.05, 3.63) is 0 Å². The molecule has 31 unspecified atom stereocenters. The van der Waals surface area contributed by atoms with Crippen LogP contribution in [0.1, 0.15) is 0 Å². The monoisotopic (exact) mass is 1700 g/mol. The van der Waals surface area contributed by atoms with Gasteiger partial charge >= 0.3 is 0 Å². The summed E-state index contributed by atoms with van der Waals surface area (Å²) < 4.78 is 0. The SMILES string of the molecule is PPP(P(P)P)P(P(P(P)P)P(P)P)P(P(P(P)P)P(P)P)P(P(P(P(P)P)P(P)P)P(P(P)P)P(P)P)P(P(P(P)P)P(P)P)P(P(P)P)P(P)P. The molecule has 0 aliphatic heterocycles. The maximum absolute atomic E-state index is 3.54. The minimum atomic E-state index is -0.216. The van der Waals surface area contributed by atoms with Gasteiger partial charge in [-0.05, 0) is 175 Å². The van der Waals surface area contributed by atoms with E-state index in [-0.39, 0.29) is 175 Å². The van der Waals surface area contributed by atoms with Gasteiger partial charge in [0.1, 0.15) is 0 Å². The number of hydrogen-bond acceptors (Lipinski definition) is 0. The fourth-order valence-electron chi connectivity index (χ4n) is 3.12. The summed E-state index contributed by atoms with van der Waals surface area (Å²) in [5.74, 6) is 0. The summed E-state index contributed by atoms with van der Waals surface area (Å²) in [6, 6.07) is 0. The lowest BCUT2D eigenvalue weighted by Gasteiger charge is -2.59. The van der Waals surface area contributed by atoms with Crippen LogP contribution in [0.25, 0.3) is 0 Å². The number of hydrogen-bond donors (Lipinski definition) is 0. The van der Waals surface area contributed by atoms with E-state index in [0.29, 0.717) is 0 Å². The van der Waals surface area contributed by atoms with Crippen LogP contribution in [0.5, 0.6) is 0 Å². The minimum absolute atomic E-state index is 0.0806. The third kappa shape index (κ3) is 27.2. The second kappa shape index (κ2) is 41.7. The second-order valence-electron chi connectivity index (χ2n) is 8.31. The molecule has 53 heteroatoms. The first-order valence-electron chi connectivity index (χ1n) is 12.0. The molecule has 0 radical (unpaired) electrons. The van der Waals surface area contributed by atoms with Crippen LogP contribution in [-0.4, -0.2) is 0 Å². The largest absolute Gasteiger partial charge is 0.109 e. The van der Waals surface area contributed by atoms with Crippen molar-refractivity contribution in [2.24, 2.45) is 0 Å². The molecule has 0 saturated heterocycles. The lowest BCUT2D eigenvalue weighted by Crippen LogP contribution is -1.71. The molecule has 31 atom stereocenters.